The summed E-state index contributed by atoms with van der Waals surface area (Å²) in [6, 6.07) is 74.9. The molecule has 2 aliphatic heterocycles. The van der Waals surface area contributed by atoms with Gasteiger partial charge >= 0.3 is 0 Å². The van der Waals surface area contributed by atoms with E-state index in [1.165, 1.54) is 0 Å². The average Bonchev–Trinajstić information content (AvgIpc) is 1.66. The lowest BCUT2D eigenvalue weighted by molar-refractivity contribution is 0.666. The first-order chi connectivity index (χ1) is 40.5. The molecule has 0 amide bonds. The summed E-state index contributed by atoms with van der Waals surface area (Å²) in [6.07, 6.45) is 15.5. The molecule has 17 rings (SSSR count). The van der Waals surface area contributed by atoms with Gasteiger partial charge < -0.3 is 18.6 Å². The van der Waals surface area contributed by atoms with Crippen molar-refractivity contribution in [3.8, 4) is 0 Å². The lowest BCUT2D eigenvalue weighted by atomic mass is 9.62. The SMILES string of the molecule is Cc1ccc2c(N3c4ccccc4C(c4cccnc4)(c4cccnc4)c4cc5c(cc43)oc3ccccc35)c3cc(C)ccc3c(N3c4ccccc4C(c4cccnc4)(c4cccnc4)c4cc5c(cc43)oc3ccccc35)c2c1. The van der Waals surface area contributed by atoms with Crippen LogP contribution in [-0.2, 0) is 10.8 Å². The van der Waals surface area contributed by atoms with Crippen LogP contribution >= 0.6 is 0 Å². The monoisotopic (exact) mass is 1050 g/mol. The highest BCUT2D eigenvalue weighted by atomic mass is 16.3. The lowest BCUT2D eigenvalue weighted by Gasteiger charge is -2.47. The first-order valence-corrected chi connectivity index (χ1v) is 27.8. The zero-order valence-electron chi connectivity index (χ0n) is 44.7. The van der Waals surface area contributed by atoms with Crippen LogP contribution in [0.4, 0.5) is 34.1 Å². The predicted octanol–water partition coefficient (Wildman–Crippen LogP) is 18.3. The van der Waals surface area contributed by atoms with E-state index in [4.69, 9.17) is 28.8 Å². The fourth-order valence-electron chi connectivity index (χ4n) is 14.3. The van der Waals surface area contributed by atoms with Gasteiger partial charge in [0.15, 0.2) is 0 Å². The van der Waals surface area contributed by atoms with Gasteiger partial charge in [0, 0.05) is 105 Å². The molecule has 0 radical (unpaired) electrons. The smallest absolute Gasteiger partial charge is 0.137 e. The number of furan rings is 2. The van der Waals surface area contributed by atoms with Crippen molar-refractivity contribution in [3.63, 3.8) is 0 Å². The Kier molecular flexibility index (Phi) is 9.81. The molecule has 0 unspecified atom stereocenters. The quantitative estimate of drug-likeness (QED) is 0.152. The zero-order chi connectivity index (χ0) is 54.3. The van der Waals surface area contributed by atoms with Gasteiger partial charge in [-0.05, 0) is 131 Å². The van der Waals surface area contributed by atoms with Gasteiger partial charge in [0.2, 0.25) is 0 Å². The van der Waals surface area contributed by atoms with Crippen LogP contribution in [-0.4, -0.2) is 19.9 Å². The molecule has 8 heteroatoms. The Morgan fingerprint density at radius 2 is 0.671 bits per heavy atom. The molecule has 6 aromatic heterocycles. The van der Waals surface area contributed by atoms with E-state index in [0.717, 1.165) is 155 Å². The molecule has 9 aromatic carbocycles. The second-order valence-corrected chi connectivity index (χ2v) is 21.9. The number of fused-ring (bicyclic) bond motifs is 12. The summed E-state index contributed by atoms with van der Waals surface area (Å²) >= 11 is 0. The van der Waals surface area contributed by atoms with Gasteiger partial charge in [-0.3, -0.25) is 19.9 Å². The summed E-state index contributed by atoms with van der Waals surface area (Å²) in [5.74, 6) is 0. The number of aryl methyl sites for hydroxylation is 2. The number of para-hydroxylation sites is 4. The number of hydrogen-bond donors (Lipinski definition) is 0. The number of anilines is 6. The van der Waals surface area contributed by atoms with Crippen molar-refractivity contribution in [2.45, 2.75) is 24.7 Å². The topological polar surface area (TPSA) is 84.3 Å². The molecule has 82 heavy (non-hydrogen) atoms. The van der Waals surface area contributed by atoms with Crippen LogP contribution in [0.3, 0.4) is 0 Å². The zero-order valence-corrected chi connectivity index (χ0v) is 44.7. The number of pyridine rings is 4. The minimum Gasteiger partial charge on any atom is -0.456 e. The van der Waals surface area contributed by atoms with E-state index < -0.39 is 10.8 Å². The van der Waals surface area contributed by atoms with Gasteiger partial charge in [0.05, 0.1) is 45.0 Å². The number of benzene rings is 9. The van der Waals surface area contributed by atoms with Gasteiger partial charge in [-0.1, -0.05) is 132 Å². The number of nitrogens with zero attached hydrogens (tertiary/aromatic N) is 6. The van der Waals surface area contributed by atoms with E-state index in [-0.39, 0.29) is 0 Å². The van der Waals surface area contributed by atoms with E-state index in [1.54, 1.807) is 0 Å². The van der Waals surface area contributed by atoms with Crippen LogP contribution in [0.15, 0.2) is 265 Å². The third-order valence-electron chi connectivity index (χ3n) is 17.6. The normalized spacial score (nSPS) is 14.1. The molecule has 8 heterocycles. The molecular formula is C74H48N6O2. The summed E-state index contributed by atoms with van der Waals surface area (Å²) < 4.78 is 13.8. The van der Waals surface area contributed by atoms with E-state index in [2.05, 4.69) is 194 Å². The van der Waals surface area contributed by atoms with Crippen molar-refractivity contribution in [1.82, 2.24) is 19.9 Å². The molecule has 386 valence electrons. The van der Waals surface area contributed by atoms with Crippen molar-refractivity contribution >= 4 is 99.5 Å². The second-order valence-electron chi connectivity index (χ2n) is 21.9. The van der Waals surface area contributed by atoms with Crippen LogP contribution in [0.25, 0.3) is 65.4 Å². The Balaban J connectivity index is 1.03. The maximum atomic E-state index is 6.90. The number of rotatable bonds is 6. The Morgan fingerprint density at radius 1 is 0.293 bits per heavy atom. The van der Waals surface area contributed by atoms with Crippen LogP contribution in [0.5, 0.6) is 0 Å². The van der Waals surface area contributed by atoms with Crippen LogP contribution in [0, 0.1) is 13.8 Å². The first-order valence-electron chi connectivity index (χ1n) is 27.8. The molecule has 8 nitrogen and oxygen atoms in total. The molecular weight excluding hydrogens is 1000 g/mol. The molecule has 0 spiro atoms. The van der Waals surface area contributed by atoms with Gasteiger partial charge in [0.25, 0.3) is 0 Å². The van der Waals surface area contributed by atoms with Crippen molar-refractivity contribution < 1.29 is 8.83 Å². The third-order valence-corrected chi connectivity index (χ3v) is 17.6. The fourth-order valence-corrected chi connectivity index (χ4v) is 14.3. The van der Waals surface area contributed by atoms with Gasteiger partial charge in [-0.15, -0.1) is 0 Å². The third kappa shape index (κ3) is 6.26. The summed E-state index contributed by atoms with van der Waals surface area (Å²) in [6.45, 7) is 4.40. The molecule has 0 aliphatic carbocycles. The minimum atomic E-state index is -0.853. The predicted molar refractivity (Wildman–Crippen MR) is 330 cm³/mol. The largest absolute Gasteiger partial charge is 0.456 e. The van der Waals surface area contributed by atoms with Crippen LogP contribution < -0.4 is 9.80 Å². The summed E-state index contributed by atoms with van der Waals surface area (Å²) in [7, 11) is 0. The van der Waals surface area contributed by atoms with E-state index in [0.29, 0.717) is 0 Å². The van der Waals surface area contributed by atoms with Crippen molar-refractivity contribution in [2.24, 2.45) is 0 Å². The van der Waals surface area contributed by atoms with Gasteiger partial charge in [-0.2, -0.15) is 0 Å². The van der Waals surface area contributed by atoms with Gasteiger partial charge in [0.1, 0.15) is 22.3 Å². The molecule has 0 N–H and O–H groups in total. The number of aromatic nitrogens is 4. The summed E-state index contributed by atoms with van der Waals surface area (Å²) in [4.78, 5) is 24.4. The van der Waals surface area contributed by atoms with Crippen molar-refractivity contribution in [3.05, 3.63) is 311 Å². The van der Waals surface area contributed by atoms with E-state index >= 15 is 0 Å². The maximum Gasteiger partial charge on any atom is 0.137 e. The van der Waals surface area contributed by atoms with Crippen LogP contribution in [0.2, 0.25) is 0 Å². The fraction of sp³-hybridized carbons (Fsp3) is 0.0541. The molecule has 0 bridgehead atoms. The highest BCUT2D eigenvalue weighted by Gasteiger charge is 2.50. The Bertz CT molecular complexity index is 4690. The van der Waals surface area contributed by atoms with E-state index in [1.807, 2.05) is 86.0 Å². The second kappa shape index (κ2) is 17.4. The average molecular weight is 1050 g/mol. The van der Waals surface area contributed by atoms with Crippen molar-refractivity contribution in [2.75, 3.05) is 9.80 Å². The minimum absolute atomic E-state index is 0.803. The maximum absolute atomic E-state index is 6.90. The number of hydrogen-bond acceptors (Lipinski definition) is 8. The van der Waals surface area contributed by atoms with E-state index in [9.17, 15) is 0 Å². The summed E-state index contributed by atoms with van der Waals surface area (Å²) in [5.41, 5.74) is 18.6. The molecule has 15 aromatic rings. The highest BCUT2D eigenvalue weighted by Crippen LogP contribution is 2.64. The Morgan fingerprint density at radius 3 is 1.06 bits per heavy atom. The Labute approximate surface area is 471 Å². The summed E-state index contributed by atoms with van der Waals surface area (Å²) in [5, 5.41) is 8.54. The standard InChI is InChI=1S/C74H48N6O2/c1-45-27-29-53-57(35-45)71(79-63-23-7-5-21-59(63)73(47-15-11-31-75-41-47,48-16-12-32-76-42-48)61-37-55-51-19-3-9-25-67(51)81-69(55)39-65(61)79)54-30-28-46(2)36-58(54)72(53)80-64-24-8-6-22-60(64)74(49-17-13-33-77-43-49,50-18-14-34-78-44-50)62-38-56-52-20-4-10-26-68(52)82-70(56)40-66(62)80/h3-44H,1-2H3. The highest BCUT2D eigenvalue weighted by molar-refractivity contribution is 6.25. The molecule has 0 atom stereocenters. The van der Waals surface area contributed by atoms with Crippen molar-refractivity contribution in [1.29, 1.82) is 0 Å². The van der Waals surface area contributed by atoms with Crippen LogP contribution in [0.1, 0.15) is 55.6 Å². The molecule has 0 saturated heterocycles. The van der Waals surface area contributed by atoms with Gasteiger partial charge in [-0.25, -0.2) is 0 Å². The molecule has 0 saturated carbocycles. The Hall–Kier alpha value is -10.7. The first kappa shape index (κ1) is 46.2. The lowest BCUT2D eigenvalue weighted by Crippen LogP contribution is -2.38. The molecule has 2 aliphatic rings. The molecule has 0 fully saturated rings.